The first-order valence-electron chi connectivity index (χ1n) is 13.5. The Morgan fingerprint density at radius 2 is 2.14 bits per heavy atom. The fourth-order valence-corrected chi connectivity index (χ4v) is 8.67. The van der Waals surface area contributed by atoms with Gasteiger partial charge in [-0.2, -0.15) is 0 Å². The summed E-state index contributed by atoms with van der Waals surface area (Å²) in [4.78, 5) is 33.8. The van der Waals surface area contributed by atoms with Gasteiger partial charge in [0.25, 0.3) is 5.91 Å². The van der Waals surface area contributed by atoms with Gasteiger partial charge in [0.15, 0.2) is 5.13 Å². The number of carbonyl (C=O) groups is 2. The lowest BCUT2D eigenvalue weighted by Crippen LogP contribution is -3.14. The number of anilines is 1. The largest absolute Gasteiger partial charge is 0.392 e. The molecular weight excluding hydrogens is 508 g/mol. The molecule has 2 aromatic heterocycles. The molecule has 0 radical (unpaired) electrons. The summed E-state index contributed by atoms with van der Waals surface area (Å²) in [5, 5.41) is 20.3. The number of thiophene rings is 1. The van der Waals surface area contributed by atoms with Crippen LogP contribution >= 0.6 is 22.7 Å². The lowest BCUT2D eigenvalue weighted by atomic mass is 9.53. The fraction of sp³-hybridized carbons (Fsp3) is 0.667. The number of fused-ring (bicyclic) bond motifs is 2. The molecule has 2 amide bonds. The molecule has 2 fully saturated rings. The topological polar surface area (TPSA) is 105 Å². The van der Waals surface area contributed by atoms with Crippen LogP contribution < -0.4 is 15.5 Å². The molecular formula is C27H39N4O4S2+. The maximum atomic E-state index is 13.0. The number of quaternary nitrogens is 1. The number of nitrogens with zero attached hydrogens (tertiary/aromatic N) is 1. The van der Waals surface area contributed by atoms with Gasteiger partial charge in [0.1, 0.15) is 13.1 Å². The summed E-state index contributed by atoms with van der Waals surface area (Å²) in [6.45, 7) is 11.5. The van der Waals surface area contributed by atoms with Crippen LogP contribution in [0.3, 0.4) is 0 Å². The van der Waals surface area contributed by atoms with Gasteiger partial charge < -0.3 is 20.1 Å². The molecule has 3 heterocycles. The molecule has 1 saturated carbocycles. The van der Waals surface area contributed by atoms with Crippen LogP contribution in [0.1, 0.15) is 59.8 Å². The van der Waals surface area contributed by atoms with Crippen LogP contribution in [0.25, 0.3) is 0 Å². The van der Waals surface area contributed by atoms with Crippen molar-refractivity contribution in [2.24, 2.45) is 23.2 Å². The van der Waals surface area contributed by atoms with E-state index in [4.69, 9.17) is 9.72 Å². The van der Waals surface area contributed by atoms with Crippen LogP contribution in [0.5, 0.6) is 0 Å². The number of rotatable bonds is 7. The van der Waals surface area contributed by atoms with Gasteiger partial charge in [-0.15, -0.1) is 22.7 Å². The summed E-state index contributed by atoms with van der Waals surface area (Å²) < 4.78 is 5.41. The Labute approximate surface area is 226 Å². The molecule has 0 bridgehead atoms. The van der Waals surface area contributed by atoms with E-state index in [9.17, 15) is 14.7 Å². The van der Waals surface area contributed by atoms with Crippen molar-refractivity contribution >= 4 is 39.6 Å². The highest BCUT2D eigenvalue weighted by molar-refractivity contribution is 7.16. The summed E-state index contributed by atoms with van der Waals surface area (Å²) in [7, 11) is 0. The quantitative estimate of drug-likeness (QED) is 0.425. The number of hydrogen-bond donors (Lipinski definition) is 4. The number of hydrogen-bond acceptors (Lipinski definition) is 7. The molecule has 3 aliphatic rings. The van der Waals surface area contributed by atoms with Crippen molar-refractivity contribution in [3.63, 3.8) is 0 Å². The highest BCUT2D eigenvalue weighted by Crippen LogP contribution is 2.57. The van der Waals surface area contributed by atoms with Crippen molar-refractivity contribution in [3.8, 4) is 0 Å². The highest BCUT2D eigenvalue weighted by Gasteiger charge is 2.53. The van der Waals surface area contributed by atoms with Crippen LogP contribution in [0.15, 0.2) is 17.5 Å². The molecule has 6 atom stereocenters. The lowest BCUT2D eigenvalue weighted by molar-refractivity contribution is -0.906. The van der Waals surface area contributed by atoms with Crippen LogP contribution in [-0.4, -0.2) is 67.4 Å². The zero-order chi connectivity index (χ0) is 26.2. The molecule has 10 heteroatoms. The number of nitrogens with one attached hydrogen (secondary N) is 3. The smallest absolute Gasteiger partial charge is 0.267 e. The van der Waals surface area contributed by atoms with Crippen molar-refractivity contribution in [3.05, 3.63) is 33.0 Å². The zero-order valence-electron chi connectivity index (χ0n) is 21.9. The standard InChI is InChI=1S/C27H38N4O4S2/c1-16(24(33)28-8-9-31-10-12-35-13-11-31)18-6-7-27(3)15-20-22(17(2)21(27)23(18)32)29-26(37-20)30-25(34)19-5-4-14-36-19/h4-5,14,16-18,21,23,32H,6-13,15H2,1-3H3,(H,28,33)(H,29,30,34)/p+1/t16-,17-,18-,21+,23-,27-/m0/s1. The van der Waals surface area contributed by atoms with Crippen LogP contribution in [0, 0.1) is 23.2 Å². The summed E-state index contributed by atoms with van der Waals surface area (Å²) >= 11 is 2.97. The van der Waals surface area contributed by atoms with E-state index in [2.05, 4.69) is 24.5 Å². The number of amides is 2. The van der Waals surface area contributed by atoms with Crippen LogP contribution in [-0.2, 0) is 16.0 Å². The second-order valence-electron chi connectivity index (χ2n) is 11.3. The van der Waals surface area contributed by atoms with Crippen molar-refractivity contribution in [1.82, 2.24) is 10.3 Å². The van der Waals surface area contributed by atoms with Gasteiger partial charge in [-0.1, -0.05) is 26.8 Å². The number of aliphatic hydroxyl groups is 1. The Hall–Kier alpha value is -1.85. The Morgan fingerprint density at radius 3 is 2.86 bits per heavy atom. The minimum Gasteiger partial charge on any atom is -0.392 e. The van der Waals surface area contributed by atoms with Crippen molar-refractivity contribution in [2.75, 3.05) is 44.7 Å². The molecule has 0 aromatic carbocycles. The Morgan fingerprint density at radius 1 is 1.35 bits per heavy atom. The Kier molecular flexibility index (Phi) is 8.02. The van der Waals surface area contributed by atoms with E-state index in [-0.39, 0.29) is 40.9 Å². The van der Waals surface area contributed by atoms with E-state index in [1.165, 1.54) is 21.1 Å². The van der Waals surface area contributed by atoms with Gasteiger partial charge in [0.2, 0.25) is 5.91 Å². The summed E-state index contributed by atoms with van der Waals surface area (Å²) in [5.74, 6) is -0.340. The van der Waals surface area contributed by atoms with E-state index in [1.54, 1.807) is 11.3 Å². The summed E-state index contributed by atoms with van der Waals surface area (Å²) in [6, 6.07) is 3.67. The number of ether oxygens (including phenoxy) is 1. The van der Waals surface area contributed by atoms with E-state index >= 15 is 0 Å². The van der Waals surface area contributed by atoms with Gasteiger partial charge in [-0.3, -0.25) is 14.9 Å². The first-order valence-corrected chi connectivity index (χ1v) is 15.2. The number of thiazole rings is 1. The van der Waals surface area contributed by atoms with Gasteiger partial charge in [-0.25, -0.2) is 4.98 Å². The molecule has 8 nitrogen and oxygen atoms in total. The summed E-state index contributed by atoms with van der Waals surface area (Å²) in [5.41, 5.74) is 0.930. The van der Waals surface area contributed by atoms with Gasteiger partial charge in [0, 0.05) is 16.7 Å². The monoisotopic (exact) mass is 547 g/mol. The fourth-order valence-electron chi connectivity index (χ4n) is 6.79. The summed E-state index contributed by atoms with van der Waals surface area (Å²) in [6.07, 6.45) is 2.07. The second-order valence-corrected chi connectivity index (χ2v) is 13.3. The first kappa shape index (κ1) is 26.7. The maximum absolute atomic E-state index is 13.0. The van der Waals surface area contributed by atoms with Crippen LogP contribution in [0.2, 0.25) is 0 Å². The second kappa shape index (κ2) is 11.1. The molecule has 4 N–H and O–H groups in total. The lowest BCUT2D eigenvalue weighted by Gasteiger charge is -2.53. The predicted molar refractivity (Wildman–Crippen MR) is 145 cm³/mol. The minimum absolute atomic E-state index is 0.0229. The molecule has 2 aromatic rings. The third kappa shape index (κ3) is 5.49. The van der Waals surface area contributed by atoms with Crippen molar-refractivity contribution < 1.29 is 24.3 Å². The van der Waals surface area contributed by atoms with Gasteiger partial charge >= 0.3 is 0 Å². The SMILES string of the molecule is C[C@H](C(=O)NCC[NH+]1CCOCC1)[C@@H]1CC[C@@]2(C)Cc3sc(NC(=O)c4cccs4)nc3[C@@H](C)[C@@H]2[C@H]1O. The van der Waals surface area contributed by atoms with E-state index in [1.807, 2.05) is 24.4 Å². The van der Waals surface area contributed by atoms with Gasteiger partial charge in [-0.05, 0) is 48.0 Å². The maximum Gasteiger partial charge on any atom is 0.267 e. The highest BCUT2D eigenvalue weighted by atomic mass is 32.1. The molecule has 1 aliphatic heterocycles. The predicted octanol–water partition coefficient (Wildman–Crippen LogP) is 2.18. The average Bonchev–Trinajstić information content (AvgIpc) is 3.54. The third-order valence-electron chi connectivity index (χ3n) is 8.92. The van der Waals surface area contributed by atoms with E-state index < -0.39 is 6.10 Å². The van der Waals surface area contributed by atoms with E-state index in [0.717, 1.165) is 57.8 Å². The average molecular weight is 548 g/mol. The molecule has 202 valence electrons. The molecule has 0 spiro atoms. The zero-order valence-corrected chi connectivity index (χ0v) is 23.6. The van der Waals surface area contributed by atoms with Crippen LogP contribution in [0.4, 0.5) is 5.13 Å². The molecule has 0 unspecified atom stereocenters. The molecule has 37 heavy (non-hydrogen) atoms. The normalized spacial score (nSPS) is 30.7. The number of aliphatic hydroxyl groups excluding tert-OH is 1. The van der Waals surface area contributed by atoms with E-state index in [0.29, 0.717) is 16.6 Å². The van der Waals surface area contributed by atoms with Gasteiger partial charge in [0.05, 0.1) is 43.0 Å². The molecule has 1 saturated heterocycles. The third-order valence-corrected chi connectivity index (χ3v) is 10.8. The number of aromatic nitrogens is 1. The number of morpholine rings is 1. The Balaban J connectivity index is 1.24. The molecule has 2 aliphatic carbocycles. The Bertz CT molecular complexity index is 1100. The van der Waals surface area contributed by atoms with Crippen molar-refractivity contribution in [2.45, 2.75) is 52.1 Å². The number of carbonyl (C=O) groups excluding carboxylic acids is 2. The first-order chi connectivity index (χ1) is 17.8. The minimum atomic E-state index is -0.571. The van der Waals surface area contributed by atoms with Crippen molar-refractivity contribution in [1.29, 1.82) is 0 Å². The molecule has 5 rings (SSSR count).